The van der Waals surface area contributed by atoms with Gasteiger partial charge in [-0.2, -0.15) is 0 Å². The molecule has 0 spiro atoms. The summed E-state index contributed by atoms with van der Waals surface area (Å²) in [6, 6.07) is 0. The van der Waals surface area contributed by atoms with Crippen molar-refractivity contribution >= 4 is 17.8 Å². The summed E-state index contributed by atoms with van der Waals surface area (Å²) in [5.41, 5.74) is 0. The molecular formula is C13H19NO7. The molecule has 8 heteroatoms. The minimum atomic E-state index is -0.821. The van der Waals surface area contributed by atoms with Gasteiger partial charge in [-0.1, -0.05) is 0 Å². The second-order valence-electron chi connectivity index (χ2n) is 4.30. The van der Waals surface area contributed by atoms with Crippen LogP contribution >= 0.6 is 0 Å². The van der Waals surface area contributed by atoms with Gasteiger partial charge in [0.2, 0.25) is 5.91 Å². The molecule has 1 atom stereocenters. The highest BCUT2D eigenvalue weighted by molar-refractivity contribution is 5.91. The number of rotatable bonds is 6. The fraction of sp³-hybridized carbons (Fsp3) is 0.615. The van der Waals surface area contributed by atoms with Crippen molar-refractivity contribution in [2.24, 2.45) is 5.92 Å². The van der Waals surface area contributed by atoms with Crippen LogP contribution in [-0.2, 0) is 28.6 Å². The van der Waals surface area contributed by atoms with Crippen LogP contribution in [0.15, 0.2) is 12.2 Å². The van der Waals surface area contributed by atoms with E-state index in [0.717, 1.165) is 12.2 Å². The highest BCUT2D eigenvalue weighted by Crippen LogP contribution is 2.07. The molecule has 1 saturated heterocycles. The van der Waals surface area contributed by atoms with Gasteiger partial charge < -0.3 is 24.2 Å². The number of morpholine rings is 1. The molecule has 1 amide bonds. The average molecular weight is 301 g/mol. The van der Waals surface area contributed by atoms with Crippen molar-refractivity contribution < 1.29 is 33.7 Å². The normalized spacial score (nSPS) is 16.6. The van der Waals surface area contributed by atoms with Crippen molar-refractivity contribution in [2.75, 3.05) is 46.6 Å². The molecule has 0 aliphatic carbocycles. The molecule has 1 fully saturated rings. The number of carbonyl (C=O) groups is 3. The first-order chi connectivity index (χ1) is 10.1. The van der Waals surface area contributed by atoms with Gasteiger partial charge in [0.05, 0.1) is 32.8 Å². The van der Waals surface area contributed by atoms with Crippen LogP contribution in [0.1, 0.15) is 0 Å². The van der Waals surface area contributed by atoms with E-state index in [-0.39, 0.29) is 12.5 Å². The standard InChI is InChI=1S/C13H19NO7/c1-19-11(16)2-3-12(17)21-9-10(8-15)13(18)14-4-6-20-7-5-14/h2-3,10,15H,4-9H2,1H3/b3-2+. The summed E-state index contributed by atoms with van der Waals surface area (Å²) in [6.07, 6.45) is 1.82. The van der Waals surface area contributed by atoms with Crippen molar-refractivity contribution in [3.63, 3.8) is 0 Å². The fourth-order valence-electron chi connectivity index (χ4n) is 1.68. The van der Waals surface area contributed by atoms with Gasteiger partial charge in [-0.3, -0.25) is 4.79 Å². The van der Waals surface area contributed by atoms with E-state index in [0.29, 0.717) is 26.3 Å². The molecule has 0 aromatic carbocycles. The molecule has 21 heavy (non-hydrogen) atoms. The van der Waals surface area contributed by atoms with Gasteiger partial charge in [0, 0.05) is 25.2 Å². The first-order valence-electron chi connectivity index (χ1n) is 6.48. The molecule has 1 heterocycles. The number of ether oxygens (including phenoxy) is 3. The largest absolute Gasteiger partial charge is 0.466 e. The summed E-state index contributed by atoms with van der Waals surface area (Å²) in [6.45, 7) is 1.12. The molecule has 0 aromatic heterocycles. The van der Waals surface area contributed by atoms with E-state index in [2.05, 4.69) is 4.74 Å². The molecule has 8 nitrogen and oxygen atoms in total. The number of hydrogen-bond donors (Lipinski definition) is 1. The van der Waals surface area contributed by atoms with E-state index in [9.17, 15) is 19.5 Å². The van der Waals surface area contributed by atoms with Gasteiger partial charge in [0.25, 0.3) is 0 Å². The highest BCUT2D eigenvalue weighted by Gasteiger charge is 2.26. The van der Waals surface area contributed by atoms with E-state index >= 15 is 0 Å². The summed E-state index contributed by atoms with van der Waals surface area (Å²) < 4.78 is 14.3. The van der Waals surface area contributed by atoms with Crippen LogP contribution in [0.25, 0.3) is 0 Å². The second kappa shape index (κ2) is 9.09. The molecule has 1 N–H and O–H groups in total. The molecule has 1 unspecified atom stereocenters. The summed E-state index contributed by atoms with van der Waals surface area (Å²) in [5, 5.41) is 9.23. The molecule has 0 saturated carbocycles. The minimum Gasteiger partial charge on any atom is -0.466 e. The van der Waals surface area contributed by atoms with E-state index in [1.165, 1.54) is 7.11 Å². The summed E-state index contributed by atoms with van der Waals surface area (Å²) in [7, 11) is 1.18. The maximum absolute atomic E-state index is 12.1. The number of nitrogens with zero attached hydrogens (tertiary/aromatic N) is 1. The maximum Gasteiger partial charge on any atom is 0.331 e. The third-order valence-corrected chi connectivity index (χ3v) is 2.88. The monoisotopic (exact) mass is 301 g/mol. The zero-order chi connectivity index (χ0) is 15.7. The van der Waals surface area contributed by atoms with Gasteiger partial charge in [0.15, 0.2) is 0 Å². The molecule has 1 aliphatic rings. The van der Waals surface area contributed by atoms with Crippen molar-refractivity contribution in [2.45, 2.75) is 0 Å². The first-order valence-corrected chi connectivity index (χ1v) is 6.48. The average Bonchev–Trinajstić information content (AvgIpc) is 2.53. The predicted octanol–water partition coefficient (Wildman–Crippen LogP) is -1.27. The van der Waals surface area contributed by atoms with Crippen LogP contribution < -0.4 is 0 Å². The lowest BCUT2D eigenvalue weighted by molar-refractivity contribution is -0.148. The Morgan fingerprint density at radius 2 is 1.86 bits per heavy atom. The Kier molecular flexibility index (Phi) is 7.41. The molecule has 1 aliphatic heterocycles. The number of methoxy groups -OCH3 is 1. The lowest BCUT2D eigenvalue weighted by Gasteiger charge is -2.29. The third-order valence-electron chi connectivity index (χ3n) is 2.88. The molecule has 0 radical (unpaired) electrons. The summed E-state index contributed by atoms with van der Waals surface area (Å²) in [4.78, 5) is 35.8. The Labute approximate surface area is 122 Å². The van der Waals surface area contributed by atoms with E-state index in [1.807, 2.05) is 0 Å². The van der Waals surface area contributed by atoms with E-state index in [4.69, 9.17) is 9.47 Å². The highest BCUT2D eigenvalue weighted by atomic mass is 16.5. The van der Waals surface area contributed by atoms with Crippen LogP contribution in [0.2, 0.25) is 0 Å². The second-order valence-corrected chi connectivity index (χ2v) is 4.30. The quantitative estimate of drug-likeness (QED) is 0.482. The van der Waals surface area contributed by atoms with Crippen LogP contribution in [0.4, 0.5) is 0 Å². The topological polar surface area (TPSA) is 102 Å². The smallest absolute Gasteiger partial charge is 0.331 e. The van der Waals surface area contributed by atoms with E-state index in [1.54, 1.807) is 4.90 Å². The first kappa shape index (κ1) is 17.1. The van der Waals surface area contributed by atoms with Crippen molar-refractivity contribution in [1.82, 2.24) is 4.90 Å². The number of aliphatic hydroxyl groups excluding tert-OH is 1. The summed E-state index contributed by atoms with van der Waals surface area (Å²) >= 11 is 0. The number of aliphatic hydroxyl groups is 1. The van der Waals surface area contributed by atoms with Crippen LogP contribution in [-0.4, -0.2) is 74.5 Å². The number of amides is 1. The Morgan fingerprint density at radius 1 is 1.24 bits per heavy atom. The van der Waals surface area contributed by atoms with Gasteiger partial charge in [-0.25, -0.2) is 9.59 Å². The van der Waals surface area contributed by atoms with Crippen molar-refractivity contribution in [3.8, 4) is 0 Å². The number of esters is 2. The molecule has 0 bridgehead atoms. The van der Waals surface area contributed by atoms with Crippen LogP contribution in [0.5, 0.6) is 0 Å². The lowest BCUT2D eigenvalue weighted by atomic mass is 10.1. The Balaban J connectivity index is 2.42. The summed E-state index contributed by atoms with van der Waals surface area (Å²) in [5.74, 6) is -2.58. The van der Waals surface area contributed by atoms with E-state index < -0.39 is 24.5 Å². The third kappa shape index (κ3) is 5.92. The zero-order valence-electron chi connectivity index (χ0n) is 11.8. The van der Waals surface area contributed by atoms with Crippen LogP contribution in [0, 0.1) is 5.92 Å². The molecule has 1 rings (SSSR count). The maximum atomic E-state index is 12.1. The van der Waals surface area contributed by atoms with Gasteiger partial charge >= 0.3 is 11.9 Å². The lowest BCUT2D eigenvalue weighted by Crippen LogP contribution is -2.45. The number of carbonyl (C=O) groups excluding carboxylic acids is 3. The molecule has 118 valence electrons. The van der Waals surface area contributed by atoms with Crippen molar-refractivity contribution in [1.29, 1.82) is 0 Å². The SMILES string of the molecule is COC(=O)/C=C/C(=O)OCC(CO)C(=O)N1CCOCC1. The number of hydrogen-bond acceptors (Lipinski definition) is 7. The predicted molar refractivity (Wildman–Crippen MR) is 70.1 cm³/mol. The minimum absolute atomic E-state index is 0.253. The Hall–Kier alpha value is -1.93. The van der Waals surface area contributed by atoms with Gasteiger partial charge in [-0.15, -0.1) is 0 Å². The fourth-order valence-corrected chi connectivity index (χ4v) is 1.68. The van der Waals surface area contributed by atoms with Gasteiger partial charge in [0.1, 0.15) is 6.61 Å². The van der Waals surface area contributed by atoms with Gasteiger partial charge in [-0.05, 0) is 0 Å². The zero-order valence-corrected chi connectivity index (χ0v) is 11.8. The van der Waals surface area contributed by atoms with Crippen LogP contribution in [0.3, 0.4) is 0 Å². The Morgan fingerprint density at radius 3 is 2.43 bits per heavy atom. The Bertz CT molecular complexity index is 401. The van der Waals surface area contributed by atoms with Crippen molar-refractivity contribution in [3.05, 3.63) is 12.2 Å². The molecule has 0 aromatic rings. The molecular weight excluding hydrogens is 282 g/mol.